The first-order chi connectivity index (χ1) is 5.91. The molecule has 2 N–H and O–H groups in total. The molecule has 2 aliphatic rings. The van der Waals surface area contributed by atoms with Crippen LogP contribution in [-0.2, 0) is 0 Å². The number of hydrogen-bond donors (Lipinski definition) is 2. The normalized spacial score (nSPS) is 56.3. The summed E-state index contributed by atoms with van der Waals surface area (Å²) >= 11 is 0. The molecule has 4 unspecified atom stereocenters. The molecule has 13 heavy (non-hydrogen) atoms. The average Bonchev–Trinajstić information content (AvgIpc) is 1.75. The fraction of sp³-hybridized carbons (Fsp3) is 1.00. The Kier molecular flexibility index (Phi) is 1.97. The number of aliphatic hydroxyl groups excluding tert-OH is 1. The summed E-state index contributed by atoms with van der Waals surface area (Å²) in [6, 6.07) is 0. The smallest absolute Gasteiger partial charge is 0.0680 e. The van der Waals surface area contributed by atoms with E-state index in [-0.39, 0.29) is 11.5 Å². The van der Waals surface area contributed by atoms with Gasteiger partial charge in [-0.25, -0.2) is 0 Å². The minimum absolute atomic E-state index is 0.185. The van der Waals surface area contributed by atoms with E-state index in [1.54, 1.807) is 0 Å². The van der Waals surface area contributed by atoms with Crippen LogP contribution in [0.2, 0.25) is 0 Å². The minimum Gasteiger partial charge on any atom is -0.393 e. The van der Waals surface area contributed by atoms with Crippen molar-refractivity contribution < 1.29 is 10.2 Å². The van der Waals surface area contributed by atoms with Crippen LogP contribution in [0.1, 0.15) is 46.0 Å². The second-order valence-corrected chi connectivity index (χ2v) is 5.79. The maximum absolute atomic E-state index is 10.2. The van der Waals surface area contributed by atoms with Gasteiger partial charge in [-0.3, -0.25) is 0 Å². The van der Waals surface area contributed by atoms with E-state index in [0.717, 1.165) is 25.7 Å². The van der Waals surface area contributed by atoms with Crippen molar-refractivity contribution in [3.63, 3.8) is 0 Å². The zero-order chi connectivity index (χ0) is 9.69. The Morgan fingerprint density at radius 3 is 2.46 bits per heavy atom. The van der Waals surface area contributed by atoms with Crippen LogP contribution in [0.5, 0.6) is 0 Å². The van der Waals surface area contributed by atoms with Gasteiger partial charge in [-0.05, 0) is 37.0 Å². The van der Waals surface area contributed by atoms with Crippen LogP contribution in [0.25, 0.3) is 0 Å². The molecule has 2 aliphatic carbocycles. The maximum Gasteiger partial charge on any atom is 0.0680 e. The Morgan fingerprint density at radius 2 is 1.85 bits per heavy atom. The molecule has 2 heteroatoms. The lowest BCUT2D eigenvalue weighted by Crippen LogP contribution is -2.51. The molecule has 2 saturated carbocycles. The zero-order valence-electron chi connectivity index (χ0n) is 8.58. The summed E-state index contributed by atoms with van der Waals surface area (Å²) in [5, 5.41) is 19.9. The molecule has 0 amide bonds. The van der Waals surface area contributed by atoms with Crippen molar-refractivity contribution >= 4 is 0 Å². The second-order valence-electron chi connectivity index (χ2n) is 5.79. The fourth-order valence-electron chi connectivity index (χ4n) is 3.89. The molecule has 0 spiro atoms. The van der Waals surface area contributed by atoms with E-state index in [2.05, 4.69) is 13.8 Å². The van der Waals surface area contributed by atoms with Crippen molar-refractivity contribution in [1.29, 1.82) is 0 Å². The highest BCUT2D eigenvalue weighted by atomic mass is 16.3. The molecule has 2 rings (SSSR count). The number of hydrogen-bond acceptors (Lipinski definition) is 2. The van der Waals surface area contributed by atoms with Crippen molar-refractivity contribution in [3.8, 4) is 0 Å². The highest BCUT2D eigenvalue weighted by Gasteiger charge is 2.49. The van der Waals surface area contributed by atoms with Gasteiger partial charge in [0.25, 0.3) is 0 Å². The topological polar surface area (TPSA) is 40.5 Å². The molecular formula is C11H20O2. The van der Waals surface area contributed by atoms with Crippen LogP contribution in [0.3, 0.4) is 0 Å². The molecule has 0 heterocycles. The summed E-state index contributed by atoms with van der Waals surface area (Å²) in [7, 11) is 0. The van der Waals surface area contributed by atoms with E-state index in [9.17, 15) is 10.2 Å². The van der Waals surface area contributed by atoms with Crippen molar-refractivity contribution in [2.24, 2.45) is 11.3 Å². The summed E-state index contributed by atoms with van der Waals surface area (Å²) < 4.78 is 0. The molecule has 0 saturated heterocycles. The van der Waals surface area contributed by atoms with Gasteiger partial charge in [0, 0.05) is 6.42 Å². The number of aliphatic hydroxyl groups is 2. The van der Waals surface area contributed by atoms with Gasteiger partial charge in [-0.1, -0.05) is 13.8 Å². The molecule has 2 fully saturated rings. The first-order valence-corrected chi connectivity index (χ1v) is 5.31. The van der Waals surface area contributed by atoms with Gasteiger partial charge in [-0.15, -0.1) is 0 Å². The zero-order valence-corrected chi connectivity index (χ0v) is 8.58. The summed E-state index contributed by atoms with van der Waals surface area (Å²) in [6.07, 6.45) is 4.11. The van der Waals surface area contributed by atoms with Crippen LogP contribution >= 0.6 is 0 Å². The lowest BCUT2D eigenvalue weighted by molar-refractivity contribution is -0.135. The van der Waals surface area contributed by atoms with Gasteiger partial charge in [0.05, 0.1) is 11.7 Å². The summed E-state index contributed by atoms with van der Waals surface area (Å²) in [5.41, 5.74) is -0.381. The van der Waals surface area contributed by atoms with Crippen LogP contribution in [0.15, 0.2) is 0 Å². The van der Waals surface area contributed by atoms with Gasteiger partial charge >= 0.3 is 0 Å². The third kappa shape index (κ3) is 1.75. The molecule has 76 valence electrons. The molecule has 0 aliphatic heterocycles. The Bertz CT molecular complexity index is 178. The summed E-state index contributed by atoms with van der Waals surface area (Å²) in [4.78, 5) is 0. The van der Waals surface area contributed by atoms with E-state index in [1.165, 1.54) is 0 Å². The molecule has 4 atom stereocenters. The fourth-order valence-corrected chi connectivity index (χ4v) is 3.89. The predicted octanol–water partition coefficient (Wildman–Crippen LogP) is 1.70. The van der Waals surface area contributed by atoms with E-state index in [1.807, 2.05) is 0 Å². The van der Waals surface area contributed by atoms with Gasteiger partial charge in [0.15, 0.2) is 0 Å². The van der Waals surface area contributed by atoms with Crippen LogP contribution in [0.4, 0.5) is 0 Å². The molecule has 0 radical (unpaired) electrons. The molecule has 0 aromatic carbocycles. The van der Waals surface area contributed by atoms with Gasteiger partial charge < -0.3 is 10.2 Å². The molecule has 0 aromatic heterocycles. The van der Waals surface area contributed by atoms with Crippen LogP contribution < -0.4 is 0 Å². The average molecular weight is 184 g/mol. The lowest BCUT2D eigenvalue weighted by Gasteiger charge is -2.52. The largest absolute Gasteiger partial charge is 0.393 e. The third-order valence-corrected chi connectivity index (χ3v) is 3.67. The van der Waals surface area contributed by atoms with Gasteiger partial charge in [0.1, 0.15) is 0 Å². The second kappa shape index (κ2) is 2.71. The Hall–Kier alpha value is -0.0800. The minimum atomic E-state index is -0.565. The monoisotopic (exact) mass is 184 g/mol. The van der Waals surface area contributed by atoms with E-state index < -0.39 is 5.60 Å². The Morgan fingerprint density at radius 1 is 1.15 bits per heavy atom. The van der Waals surface area contributed by atoms with Crippen molar-refractivity contribution in [1.82, 2.24) is 0 Å². The van der Waals surface area contributed by atoms with Crippen LogP contribution in [-0.4, -0.2) is 21.9 Å². The van der Waals surface area contributed by atoms with Gasteiger partial charge in [0.2, 0.25) is 0 Å². The van der Waals surface area contributed by atoms with Crippen molar-refractivity contribution in [3.05, 3.63) is 0 Å². The SMILES string of the molecule is CC1CC2(C)CC(O)CC(O)(C1)C2. The summed E-state index contributed by atoms with van der Waals surface area (Å²) in [5.74, 6) is 0.608. The van der Waals surface area contributed by atoms with Gasteiger partial charge in [-0.2, -0.15) is 0 Å². The van der Waals surface area contributed by atoms with Crippen LogP contribution in [0, 0.1) is 11.3 Å². The van der Waals surface area contributed by atoms with E-state index in [4.69, 9.17) is 0 Å². The van der Waals surface area contributed by atoms with Crippen molar-refractivity contribution in [2.45, 2.75) is 57.7 Å². The molecule has 2 bridgehead atoms. The first-order valence-electron chi connectivity index (χ1n) is 5.31. The van der Waals surface area contributed by atoms with E-state index >= 15 is 0 Å². The lowest BCUT2D eigenvalue weighted by atomic mass is 9.57. The quantitative estimate of drug-likeness (QED) is 0.601. The molecule has 2 nitrogen and oxygen atoms in total. The predicted molar refractivity (Wildman–Crippen MR) is 51.3 cm³/mol. The summed E-state index contributed by atoms with van der Waals surface area (Å²) in [6.45, 7) is 4.41. The number of rotatable bonds is 0. The first kappa shape index (κ1) is 9.47. The molecular weight excluding hydrogens is 164 g/mol. The Labute approximate surface area is 80.0 Å². The molecule has 0 aromatic rings. The standard InChI is InChI=1S/C11H20O2/c1-8-3-10(2)5-9(12)6-11(13,4-8)7-10/h8-9,12-13H,3-7H2,1-2H3. The van der Waals surface area contributed by atoms with Crippen molar-refractivity contribution in [2.75, 3.05) is 0 Å². The number of fused-ring (bicyclic) bond motifs is 2. The van der Waals surface area contributed by atoms with E-state index in [0.29, 0.717) is 12.3 Å². The third-order valence-electron chi connectivity index (χ3n) is 3.67. The highest BCUT2D eigenvalue weighted by Crippen LogP contribution is 2.52. The maximum atomic E-state index is 10.2. The highest BCUT2D eigenvalue weighted by molar-refractivity contribution is 5.01. The Balaban J connectivity index is 2.22.